The van der Waals surface area contributed by atoms with E-state index < -0.39 is 0 Å². The minimum atomic E-state index is -0.334. The van der Waals surface area contributed by atoms with Gasteiger partial charge in [-0.25, -0.2) is 4.98 Å². The summed E-state index contributed by atoms with van der Waals surface area (Å²) in [5.74, 6) is 0.692. The van der Waals surface area contributed by atoms with Crippen LogP contribution in [0.5, 0.6) is 0 Å². The van der Waals surface area contributed by atoms with E-state index in [0.29, 0.717) is 18.4 Å². The normalized spacial score (nSPS) is 22.2. The minimum Gasteiger partial charge on any atom is -0.384 e. The van der Waals surface area contributed by atoms with Gasteiger partial charge < -0.3 is 15.0 Å². The van der Waals surface area contributed by atoms with Crippen LogP contribution in [-0.4, -0.2) is 55.7 Å². The lowest BCUT2D eigenvalue weighted by atomic mass is 9.77. The Morgan fingerprint density at radius 2 is 2.15 bits per heavy atom. The smallest absolute Gasteiger partial charge is 0.231 e. The molecule has 1 amide bonds. The first-order valence-electron chi connectivity index (χ1n) is 9.12. The number of nitrogens with zero attached hydrogens (tertiary/aromatic N) is 2. The highest BCUT2D eigenvalue weighted by molar-refractivity contribution is 7.09. The molecule has 1 N–H and O–H groups in total. The fourth-order valence-electron chi connectivity index (χ4n) is 3.97. The number of likely N-dealkylation sites (tertiary alicyclic amines) is 1. The fourth-order valence-corrected chi connectivity index (χ4v) is 5.00. The number of piperidine rings is 2. The maximum Gasteiger partial charge on any atom is 0.231 e. The first-order chi connectivity index (χ1) is 11.7. The second kappa shape index (κ2) is 10.8. The van der Waals surface area contributed by atoms with E-state index in [1.165, 1.54) is 10.7 Å². The quantitative estimate of drug-likeness (QED) is 0.789. The molecule has 1 unspecified atom stereocenters. The molecule has 0 saturated carbocycles. The monoisotopic (exact) mass is 423 g/mol. The second-order valence-electron chi connectivity index (χ2n) is 7.08. The summed E-state index contributed by atoms with van der Waals surface area (Å²) in [5, 5.41) is 6.73. The number of rotatable bonds is 5. The predicted molar refractivity (Wildman–Crippen MR) is 111 cm³/mol. The summed E-state index contributed by atoms with van der Waals surface area (Å²) in [7, 11) is 1.71. The number of halogens is 2. The van der Waals surface area contributed by atoms with Gasteiger partial charge in [0.25, 0.3) is 0 Å². The molecule has 5 nitrogen and oxygen atoms in total. The molecule has 0 aliphatic carbocycles. The third-order valence-electron chi connectivity index (χ3n) is 5.42. The molecule has 8 heteroatoms. The van der Waals surface area contributed by atoms with E-state index in [1.54, 1.807) is 18.4 Å². The van der Waals surface area contributed by atoms with Crippen molar-refractivity contribution in [2.45, 2.75) is 44.9 Å². The fraction of sp³-hybridized carbons (Fsp3) is 0.778. The lowest BCUT2D eigenvalue weighted by molar-refractivity contribution is -0.148. The van der Waals surface area contributed by atoms with Gasteiger partial charge in [-0.3, -0.25) is 4.79 Å². The van der Waals surface area contributed by atoms with Crippen molar-refractivity contribution in [2.24, 2.45) is 5.41 Å². The van der Waals surface area contributed by atoms with Crippen LogP contribution < -0.4 is 5.32 Å². The molecule has 1 atom stereocenters. The lowest BCUT2D eigenvalue weighted by Crippen LogP contribution is -2.53. The number of aryl methyl sites for hydroxylation is 1. The van der Waals surface area contributed by atoms with Gasteiger partial charge in [0.05, 0.1) is 22.7 Å². The van der Waals surface area contributed by atoms with Crippen LogP contribution >= 0.6 is 36.2 Å². The molecule has 150 valence electrons. The zero-order chi connectivity index (χ0) is 17.0. The van der Waals surface area contributed by atoms with E-state index in [9.17, 15) is 4.79 Å². The van der Waals surface area contributed by atoms with Crippen molar-refractivity contribution in [2.75, 3.05) is 39.9 Å². The van der Waals surface area contributed by atoms with Gasteiger partial charge in [0.1, 0.15) is 0 Å². The predicted octanol–water partition coefficient (Wildman–Crippen LogP) is 3.27. The van der Waals surface area contributed by atoms with Crippen LogP contribution in [0, 0.1) is 5.41 Å². The number of carbonyl (C=O) groups is 1. The summed E-state index contributed by atoms with van der Waals surface area (Å²) in [5.41, 5.74) is 0.840. The van der Waals surface area contributed by atoms with Crippen LogP contribution in [0.15, 0.2) is 5.38 Å². The Morgan fingerprint density at radius 3 is 2.77 bits per heavy atom. The zero-order valence-corrected chi connectivity index (χ0v) is 18.1. The van der Waals surface area contributed by atoms with Crippen molar-refractivity contribution in [1.82, 2.24) is 15.2 Å². The third kappa shape index (κ3) is 5.10. The van der Waals surface area contributed by atoms with E-state index in [4.69, 9.17) is 9.72 Å². The summed E-state index contributed by atoms with van der Waals surface area (Å²) < 4.78 is 5.44. The molecule has 26 heavy (non-hydrogen) atoms. The molecule has 2 aliphatic heterocycles. The van der Waals surface area contributed by atoms with Crippen LogP contribution in [0.3, 0.4) is 0 Å². The van der Waals surface area contributed by atoms with Crippen molar-refractivity contribution in [1.29, 1.82) is 0 Å². The Morgan fingerprint density at radius 1 is 1.42 bits per heavy atom. The van der Waals surface area contributed by atoms with Gasteiger partial charge in [0, 0.05) is 31.5 Å². The number of carbonyl (C=O) groups excluding carboxylic acids is 1. The highest BCUT2D eigenvalue weighted by Crippen LogP contribution is 2.35. The van der Waals surface area contributed by atoms with E-state index >= 15 is 0 Å². The molecule has 3 heterocycles. The van der Waals surface area contributed by atoms with Gasteiger partial charge in [-0.05, 0) is 45.2 Å². The van der Waals surface area contributed by atoms with Crippen molar-refractivity contribution in [3.8, 4) is 0 Å². The third-order valence-corrected chi connectivity index (χ3v) is 6.48. The molecular weight excluding hydrogens is 393 g/mol. The summed E-state index contributed by atoms with van der Waals surface area (Å²) in [6.07, 6.45) is 4.93. The van der Waals surface area contributed by atoms with Gasteiger partial charge in [-0.2, -0.15) is 0 Å². The Kier molecular flexibility index (Phi) is 9.83. The number of aromatic nitrogens is 1. The Hall–Kier alpha value is -0.400. The van der Waals surface area contributed by atoms with Crippen LogP contribution in [0.4, 0.5) is 0 Å². The Balaban J connectivity index is 0.00000169. The van der Waals surface area contributed by atoms with Crippen molar-refractivity contribution < 1.29 is 9.53 Å². The van der Waals surface area contributed by atoms with Gasteiger partial charge in [0.15, 0.2) is 0 Å². The van der Waals surface area contributed by atoms with Gasteiger partial charge in [0.2, 0.25) is 5.91 Å². The number of hydrogen-bond donors (Lipinski definition) is 1. The van der Waals surface area contributed by atoms with Crippen molar-refractivity contribution in [3.05, 3.63) is 16.1 Å². The highest BCUT2D eigenvalue weighted by Gasteiger charge is 2.43. The van der Waals surface area contributed by atoms with E-state index in [-0.39, 0.29) is 30.2 Å². The average Bonchev–Trinajstić information content (AvgIpc) is 3.11. The number of ether oxygens (including phenoxy) is 1. The molecule has 0 spiro atoms. The first kappa shape index (κ1) is 23.6. The second-order valence-corrected chi connectivity index (χ2v) is 7.97. The standard InChI is InChI=1S/C18H29N3O2S.2ClH/c1-3-15-12-24-16(20-15)14-5-4-10-21(11-14)17(22)18(13-23-2)6-8-19-9-7-18;;/h12,14,19H,3-11,13H2,1-2H3;2*1H. The number of amides is 1. The van der Waals surface area contributed by atoms with Crippen LogP contribution in [0.1, 0.15) is 49.2 Å². The van der Waals surface area contributed by atoms with Crippen LogP contribution in [0.25, 0.3) is 0 Å². The number of thiazole rings is 1. The lowest BCUT2D eigenvalue weighted by Gasteiger charge is -2.42. The Bertz CT molecular complexity index is 559. The van der Waals surface area contributed by atoms with E-state index in [0.717, 1.165) is 58.3 Å². The molecule has 3 rings (SSSR count). The van der Waals surface area contributed by atoms with Crippen molar-refractivity contribution >= 4 is 42.1 Å². The first-order valence-corrected chi connectivity index (χ1v) is 10.00. The number of hydrogen-bond acceptors (Lipinski definition) is 5. The minimum absolute atomic E-state index is 0. The molecule has 2 aliphatic rings. The topological polar surface area (TPSA) is 54.5 Å². The maximum absolute atomic E-state index is 13.3. The summed E-state index contributed by atoms with van der Waals surface area (Å²) in [6, 6.07) is 0. The molecule has 0 bridgehead atoms. The summed E-state index contributed by atoms with van der Waals surface area (Å²) >= 11 is 1.76. The number of methoxy groups -OCH3 is 1. The van der Waals surface area contributed by atoms with Crippen LogP contribution in [-0.2, 0) is 16.0 Å². The molecule has 2 saturated heterocycles. The van der Waals surface area contributed by atoms with Gasteiger partial charge in [-0.1, -0.05) is 6.92 Å². The molecular formula is C18H31Cl2N3O2S. The summed E-state index contributed by atoms with van der Waals surface area (Å²) in [4.78, 5) is 20.2. The molecule has 0 aromatic carbocycles. The maximum atomic E-state index is 13.3. The Labute approximate surface area is 173 Å². The highest BCUT2D eigenvalue weighted by atomic mass is 35.5. The zero-order valence-electron chi connectivity index (χ0n) is 15.7. The summed E-state index contributed by atoms with van der Waals surface area (Å²) in [6.45, 7) is 6.17. The molecule has 2 fully saturated rings. The van der Waals surface area contributed by atoms with Crippen molar-refractivity contribution in [3.63, 3.8) is 0 Å². The SMILES string of the molecule is CCc1csc(C2CCCN(C(=O)C3(COC)CCNCC3)C2)n1.Cl.Cl. The molecule has 1 aromatic rings. The molecule has 0 radical (unpaired) electrons. The van der Waals surface area contributed by atoms with E-state index in [2.05, 4.69) is 22.5 Å². The largest absolute Gasteiger partial charge is 0.384 e. The average molecular weight is 424 g/mol. The number of nitrogens with one attached hydrogen (secondary N) is 1. The molecule has 1 aromatic heterocycles. The van der Waals surface area contributed by atoms with E-state index in [1.807, 2.05) is 0 Å². The van der Waals surface area contributed by atoms with Crippen LogP contribution in [0.2, 0.25) is 0 Å². The van der Waals surface area contributed by atoms with Gasteiger partial charge >= 0.3 is 0 Å². The van der Waals surface area contributed by atoms with Gasteiger partial charge in [-0.15, -0.1) is 36.2 Å².